The zero-order chi connectivity index (χ0) is 13.9. The van der Waals surface area contributed by atoms with E-state index in [1.165, 1.54) is 0 Å². The fourth-order valence-electron chi connectivity index (χ4n) is 2.73. The van der Waals surface area contributed by atoms with Gasteiger partial charge in [-0.15, -0.1) is 0 Å². The molecule has 0 aromatic heterocycles. The van der Waals surface area contributed by atoms with E-state index in [2.05, 4.69) is 55.4 Å². The maximum absolute atomic E-state index is 7.90. The molecule has 0 spiro atoms. The largest absolute Gasteiger partial charge is 0.370 e. The molecular weight excluding hydrogens is 214 g/mol. The molecule has 1 aliphatic rings. The molecule has 0 aromatic carbocycles. The Morgan fingerprint density at radius 1 is 0.882 bits per heavy atom. The van der Waals surface area contributed by atoms with E-state index in [1.807, 2.05) is 4.90 Å². The van der Waals surface area contributed by atoms with Crippen molar-refractivity contribution in [2.45, 2.75) is 77.7 Å². The van der Waals surface area contributed by atoms with Crippen molar-refractivity contribution in [1.82, 2.24) is 4.90 Å². The molecule has 1 rings (SSSR count). The lowest BCUT2D eigenvalue weighted by molar-refractivity contribution is -0.272. The molecule has 0 unspecified atom stereocenters. The van der Waals surface area contributed by atoms with Crippen molar-refractivity contribution in [3.05, 3.63) is 0 Å². The summed E-state index contributed by atoms with van der Waals surface area (Å²) in [6.07, 6.45) is 0. The van der Waals surface area contributed by atoms with Crippen LogP contribution in [-0.4, -0.2) is 33.1 Å². The molecule has 0 atom stereocenters. The highest BCUT2D eigenvalue weighted by molar-refractivity contribution is 5.77. The number of nitrogens with zero attached hydrogens (tertiary/aromatic N) is 1. The second-order valence-corrected chi connectivity index (χ2v) is 6.96. The zero-order valence-electron chi connectivity index (χ0n) is 12.4. The molecule has 0 aromatic rings. The van der Waals surface area contributed by atoms with E-state index in [9.17, 15) is 0 Å². The minimum atomic E-state index is -0.377. The van der Waals surface area contributed by atoms with Gasteiger partial charge < -0.3 is 15.4 Å². The summed E-state index contributed by atoms with van der Waals surface area (Å²) >= 11 is 0. The van der Waals surface area contributed by atoms with Gasteiger partial charge in [0.2, 0.25) is 0 Å². The Morgan fingerprint density at radius 2 is 1.18 bits per heavy atom. The van der Waals surface area contributed by atoms with Gasteiger partial charge in [-0.25, -0.2) is 0 Å². The van der Waals surface area contributed by atoms with E-state index >= 15 is 0 Å². The Bertz CT molecular complexity index is 317. The minimum Gasteiger partial charge on any atom is -0.370 e. The lowest BCUT2D eigenvalue weighted by Gasteiger charge is -2.66. The summed E-state index contributed by atoms with van der Waals surface area (Å²) < 4.78 is 6.28. The first kappa shape index (κ1) is 14.3. The van der Waals surface area contributed by atoms with Crippen LogP contribution in [0.25, 0.3) is 0 Å². The van der Waals surface area contributed by atoms with Crippen LogP contribution < -0.4 is 5.73 Å². The first-order chi connectivity index (χ1) is 7.27. The van der Waals surface area contributed by atoms with Crippen LogP contribution in [-0.2, 0) is 4.74 Å². The quantitative estimate of drug-likeness (QED) is 0.505. The van der Waals surface area contributed by atoms with Crippen LogP contribution in [0.5, 0.6) is 0 Å². The van der Waals surface area contributed by atoms with E-state index in [0.717, 1.165) is 0 Å². The first-order valence-electron chi connectivity index (χ1n) is 6.12. The average Bonchev–Trinajstić information content (AvgIpc) is 1.96. The van der Waals surface area contributed by atoms with Crippen molar-refractivity contribution < 1.29 is 4.74 Å². The van der Waals surface area contributed by atoms with E-state index in [-0.39, 0.29) is 28.2 Å². The van der Waals surface area contributed by atoms with Gasteiger partial charge in [-0.05, 0) is 55.4 Å². The van der Waals surface area contributed by atoms with Crippen molar-refractivity contribution in [3.63, 3.8) is 0 Å². The number of nitrogens with two attached hydrogens (primary N) is 1. The summed E-state index contributed by atoms with van der Waals surface area (Å²) in [5, 5.41) is 7.90. The summed E-state index contributed by atoms with van der Waals surface area (Å²) in [7, 11) is 0. The van der Waals surface area contributed by atoms with Gasteiger partial charge >= 0.3 is 0 Å². The second-order valence-electron chi connectivity index (χ2n) is 6.96. The third kappa shape index (κ3) is 1.73. The number of guanidine groups is 1. The van der Waals surface area contributed by atoms with Gasteiger partial charge in [-0.3, -0.25) is 5.41 Å². The Morgan fingerprint density at radius 3 is 1.41 bits per heavy atom. The monoisotopic (exact) mass is 241 g/mol. The van der Waals surface area contributed by atoms with Gasteiger partial charge in [0.15, 0.2) is 5.96 Å². The molecule has 1 aliphatic heterocycles. The van der Waals surface area contributed by atoms with Crippen molar-refractivity contribution in [1.29, 1.82) is 5.41 Å². The lowest BCUT2D eigenvalue weighted by atomic mass is 9.71. The summed E-state index contributed by atoms with van der Waals surface area (Å²) in [5.74, 6) is 0.101. The molecule has 0 bridgehead atoms. The topological polar surface area (TPSA) is 62.3 Å². The average molecular weight is 241 g/mol. The second kappa shape index (κ2) is 3.37. The van der Waals surface area contributed by atoms with Gasteiger partial charge in [0, 0.05) is 0 Å². The maximum atomic E-state index is 7.90. The van der Waals surface area contributed by atoms with Gasteiger partial charge in [0.1, 0.15) is 0 Å². The van der Waals surface area contributed by atoms with Crippen LogP contribution in [0.1, 0.15) is 55.4 Å². The molecular formula is C13H27N3O. The highest BCUT2D eigenvalue weighted by Crippen LogP contribution is 2.48. The molecule has 0 radical (unpaired) electrons. The molecule has 0 aliphatic carbocycles. The molecule has 3 N–H and O–H groups in total. The number of hydrogen-bond acceptors (Lipinski definition) is 2. The van der Waals surface area contributed by atoms with Crippen LogP contribution in [0.2, 0.25) is 0 Å². The fraction of sp³-hybridized carbons (Fsp3) is 0.923. The normalized spacial score (nSPS) is 28.8. The molecule has 4 nitrogen and oxygen atoms in total. The predicted octanol–water partition coefficient (Wildman–Crippen LogP) is 2.33. The SMILES string of the molecule is CC1(C)OC(C)(C)C(C)(C)N(C(=N)N)C1(C)C. The molecule has 1 saturated heterocycles. The van der Waals surface area contributed by atoms with Gasteiger partial charge in [-0.1, -0.05) is 0 Å². The molecule has 1 fully saturated rings. The summed E-state index contributed by atoms with van der Waals surface area (Å²) in [6.45, 7) is 16.5. The van der Waals surface area contributed by atoms with Crippen LogP contribution in [0.3, 0.4) is 0 Å². The van der Waals surface area contributed by atoms with Crippen LogP contribution in [0.4, 0.5) is 0 Å². The summed E-state index contributed by atoms with van der Waals surface area (Å²) in [4.78, 5) is 1.98. The van der Waals surface area contributed by atoms with E-state index in [4.69, 9.17) is 15.9 Å². The summed E-state index contributed by atoms with van der Waals surface area (Å²) in [6, 6.07) is 0. The molecule has 17 heavy (non-hydrogen) atoms. The van der Waals surface area contributed by atoms with Crippen molar-refractivity contribution in [2.75, 3.05) is 0 Å². The highest BCUT2D eigenvalue weighted by Gasteiger charge is 2.60. The van der Waals surface area contributed by atoms with E-state index < -0.39 is 0 Å². The maximum Gasteiger partial charge on any atom is 0.189 e. The van der Waals surface area contributed by atoms with Crippen molar-refractivity contribution in [2.24, 2.45) is 5.73 Å². The first-order valence-corrected chi connectivity index (χ1v) is 6.12. The van der Waals surface area contributed by atoms with E-state index in [1.54, 1.807) is 0 Å². The number of hydrogen-bond donors (Lipinski definition) is 2. The molecule has 0 saturated carbocycles. The molecule has 0 amide bonds. The zero-order valence-corrected chi connectivity index (χ0v) is 12.4. The smallest absolute Gasteiger partial charge is 0.189 e. The standard InChI is InChI=1S/C13H27N3O/c1-10(2)12(5,6)17-13(7,8)11(3,4)16(10)9(14)15/h1-8H3,(H3,14,15). The van der Waals surface area contributed by atoms with Crippen molar-refractivity contribution in [3.8, 4) is 0 Å². The third-order valence-electron chi connectivity index (χ3n) is 4.82. The van der Waals surface area contributed by atoms with Gasteiger partial charge in [0.25, 0.3) is 0 Å². The highest BCUT2D eigenvalue weighted by atomic mass is 16.5. The number of morpholine rings is 1. The van der Waals surface area contributed by atoms with E-state index in [0.29, 0.717) is 0 Å². The third-order valence-corrected chi connectivity index (χ3v) is 4.82. The number of ether oxygens (including phenoxy) is 1. The Balaban J connectivity index is 3.43. The minimum absolute atomic E-state index is 0.101. The fourth-order valence-corrected chi connectivity index (χ4v) is 2.73. The molecule has 4 heteroatoms. The molecule has 100 valence electrons. The van der Waals surface area contributed by atoms with Crippen LogP contribution >= 0.6 is 0 Å². The Hall–Kier alpha value is -0.770. The number of rotatable bonds is 0. The Kier molecular flexibility index (Phi) is 2.84. The number of nitrogens with one attached hydrogen (secondary N) is 1. The van der Waals surface area contributed by atoms with Gasteiger partial charge in [-0.2, -0.15) is 0 Å². The predicted molar refractivity (Wildman–Crippen MR) is 71.2 cm³/mol. The van der Waals surface area contributed by atoms with Gasteiger partial charge in [0.05, 0.1) is 22.3 Å². The van der Waals surface area contributed by atoms with Crippen LogP contribution in [0.15, 0.2) is 0 Å². The summed E-state index contributed by atoms with van der Waals surface area (Å²) in [5.41, 5.74) is 4.39. The van der Waals surface area contributed by atoms with Crippen molar-refractivity contribution >= 4 is 5.96 Å². The Labute approximate surface area is 105 Å². The lowest BCUT2D eigenvalue weighted by Crippen LogP contribution is -2.79. The van der Waals surface area contributed by atoms with Crippen LogP contribution in [0, 0.1) is 5.41 Å². The molecule has 1 heterocycles.